The SMILES string of the molecule is Cc1cc(NCC2(CCl)CCCCC2)n2ncnc2n1. The molecule has 1 fully saturated rings. The number of aryl methyl sites for hydroxylation is 1. The molecule has 2 aromatic heterocycles. The zero-order valence-corrected chi connectivity index (χ0v) is 12.5. The predicted molar refractivity (Wildman–Crippen MR) is 80.2 cm³/mol. The molecule has 5 nitrogen and oxygen atoms in total. The second-order valence-corrected chi connectivity index (χ2v) is 6.07. The molecule has 1 aliphatic rings. The summed E-state index contributed by atoms with van der Waals surface area (Å²) in [5.74, 6) is 2.29. The van der Waals surface area contributed by atoms with E-state index in [9.17, 15) is 0 Å². The van der Waals surface area contributed by atoms with Crippen LogP contribution >= 0.6 is 11.6 Å². The molecule has 0 aliphatic heterocycles. The lowest BCUT2D eigenvalue weighted by molar-refractivity contribution is 0.237. The minimum absolute atomic E-state index is 0.212. The molecule has 0 atom stereocenters. The van der Waals surface area contributed by atoms with Crippen LogP contribution in [0.1, 0.15) is 37.8 Å². The molecule has 6 heteroatoms. The number of alkyl halides is 1. The lowest BCUT2D eigenvalue weighted by Gasteiger charge is -2.35. The first kappa shape index (κ1) is 13.6. The summed E-state index contributed by atoms with van der Waals surface area (Å²) in [6, 6.07) is 2.01. The van der Waals surface area contributed by atoms with E-state index in [1.54, 1.807) is 4.52 Å². The molecule has 1 saturated carbocycles. The Labute approximate surface area is 123 Å². The predicted octanol–water partition coefficient (Wildman–Crippen LogP) is 3.03. The summed E-state index contributed by atoms with van der Waals surface area (Å²) in [6.45, 7) is 2.85. The van der Waals surface area contributed by atoms with Gasteiger partial charge in [-0.3, -0.25) is 0 Å². The van der Waals surface area contributed by atoms with Gasteiger partial charge in [-0.05, 0) is 19.8 Å². The van der Waals surface area contributed by atoms with Crippen LogP contribution in [0.25, 0.3) is 5.78 Å². The van der Waals surface area contributed by atoms with Gasteiger partial charge in [0.15, 0.2) is 0 Å². The minimum atomic E-state index is 0.212. The van der Waals surface area contributed by atoms with Crippen LogP contribution in [0.15, 0.2) is 12.4 Å². The number of hydrogen-bond donors (Lipinski definition) is 1. The standard InChI is InChI=1S/C14H20ClN5/c1-11-7-12(20-13(19-11)17-10-18-20)16-9-14(8-15)5-3-2-4-6-14/h7,10,16H,2-6,8-9H2,1H3. The lowest BCUT2D eigenvalue weighted by Crippen LogP contribution is -2.34. The van der Waals surface area contributed by atoms with Crippen LogP contribution in [0.2, 0.25) is 0 Å². The van der Waals surface area contributed by atoms with Gasteiger partial charge >= 0.3 is 0 Å². The number of anilines is 1. The zero-order chi connectivity index (χ0) is 14.0. The van der Waals surface area contributed by atoms with Gasteiger partial charge in [-0.2, -0.15) is 14.6 Å². The molecule has 20 heavy (non-hydrogen) atoms. The molecule has 0 radical (unpaired) electrons. The van der Waals surface area contributed by atoms with Gasteiger partial charge in [0.25, 0.3) is 5.78 Å². The van der Waals surface area contributed by atoms with Crippen molar-refractivity contribution in [2.45, 2.75) is 39.0 Å². The Morgan fingerprint density at radius 2 is 2.15 bits per heavy atom. The summed E-state index contributed by atoms with van der Waals surface area (Å²) in [6.07, 6.45) is 7.83. The van der Waals surface area contributed by atoms with Crippen LogP contribution in [0.5, 0.6) is 0 Å². The molecule has 0 saturated heterocycles. The Bertz CT molecular complexity index is 588. The monoisotopic (exact) mass is 293 g/mol. The first-order chi connectivity index (χ1) is 9.72. The van der Waals surface area contributed by atoms with Crippen molar-refractivity contribution in [1.82, 2.24) is 19.6 Å². The van der Waals surface area contributed by atoms with Crippen LogP contribution in [0.4, 0.5) is 5.82 Å². The van der Waals surface area contributed by atoms with E-state index in [2.05, 4.69) is 20.4 Å². The van der Waals surface area contributed by atoms with Gasteiger partial charge in [0.1, 0.15) is 12.1 Å². The number of halogens is 1. The largest absolute Gasteiger partial charge is 0.369 e. The molecule has 0 aromatic carbocycles. The number of nitrogens with zero attached hydrogens (tertiary/aromatic N) is 4. The van der Waals surface area contributed by atoms with Crippen molar-refractivity contribution in [1.29, 1.82) is 0 Å². The third kappa shape index (κ3) is 2.59. The summed E-state index contributed by atoms with van der Waals surface area (Å²) < 4.78 is 1.75. The molecule has 108 valence electrons. The van der Waals surface area contributed by atoms with Gasteiger partial charge in [0.05, 0.1) is 0 Å². The molecule has 2 heterocycles. The van der Waals surface area contributed by atoms with Gasteiger partial charge in [-0.25, -0.2) is 4.98 Å². The molecule has 2 aromatic rings. The molecule has 0 spiro atoms. The average Bonchev–Trinajstić information content (AvgIpc) is 2.94. The number of rotatable bonds is 4. The molecule has 0 unspecified atom stereocenters. The Kier molecular flexibility index (Phi) is 3.78. The third-order valence-electron chi connectivity index (χ3n) is 4.22. The summed E-state index contributed by atoms with van der Waals surface area (Å²) in [7, 11) is 0. The number of hydrogen-bond acceptors (Lipinski definition) is 4. The number of aromatic nitrogens is 4. The van der Waals surface area contributed by atoms with E-state index >= 15 is 0 Å². The maximum Gasteiger partial charge on any atom is 0.254 e. The molecular weight excluding hydrogens is 274 g/mol. The normalized spacial score (nSPS) is 18.3. The van der Waals surface area contributed by atoms with Crippen molar-refractivity contribution >= 4 is 23.2 Å². The van der Waals surface area contributed by atoms with Crippen molar-refractivity contribution in [2.75, 3.05) is 17.7 Å². The number of nitrogens with one attached hydrogen (secondary N) is 1. The van der Waals surface area contributed by atoms with Crippen LogP contribution in [-0.2, 0) is 0 Å². The minimum Gasteiger partial charge on any atom is -0.369 e. The number of fused-ring (bicyclic) bond motifs is 1. The Balaban J connectivity index is 1.80. The molecular formula is C14H20ClN5. The van der Waals surface area contributed by atoms with E-state index in [1.807, 2.05) is 13.0 Å². The van der Waals surface area contributed by atoms with Crippen molar-refractivity contribution in [3.63, 3.8) is 0 Å². The van der Waals surface area contributed by atoms with Gasteiger partial charge in [0, 0.05) is 29.6 Å². The van der Waals surface area contributed by atoms with Crippen LogP contribution in [0, 0.1) is 12.3 Å². The van der Waals surface area contributed by atoms with Gasteiger partial charge < -0.3 is 5.32 Å². The van der Waals surface area contributed by atoms with E-state index in [4.69, 9.17) is 11.6 Å². The highest BCUT2D eigenvalue weighted by atomic mass is 35.5. The average molecular weight is 294 g/mol. The Morgan fingerprint density at radius 3 is 2.90 bits per heavy atom. The van der Waals surface area contributed by atoms with Gasteiger partial charge in [-0.1, -0.05) is 19.3 Å². The fourth-order valence-corrected chi connectivity index (χ4v) is 3.36. The molecule has 1 N–H and O–H groups in total. The highest BCUT2D eigenvalue weighted by Crippen LogP contribution is 2.37. The highest BCUT2D eigenvalue weighted by Gasteiger charge is 2.31. The molecule has 1 aliphatic carbocycles. The Hall–Kier alpha value is -1.36. The summed E-state index contributed by atoms with van der Waals surface area (Å²) in [5, 5.41) is 7.73. The van der Waals surface area contributed by atoms with Crippen molar-refractivity contribution in [3.05, 3.63) is 18.1 Å². The van der Waals surface area contributed by atoms with E-state index in [0.29, 0.717) is 11.7 Å². The van der Waals surface area contributed by atoms with Crippen LogP contribution < -0.4 is 5.32 Å². The Morgan fingerprint density at radius 1 is 1.35 bits per heavy atom. The highest BCUT2D eigenvalue weighted by molar-refractivity contribution is 6.18. The zero-order valence-electron chi connectivity index (χ0n) is 11.8. The second-order valence-electron chi connectivity index (χ2n) is 5.80. The fourth-order valence-electron chi connectivity index (χ4n) is 2.99. The quantitative estimate of drug-likeness (QED) is 0.880. The van der Waals surface area contributed by atoms with Crippen molar-refractivity contribution in [2.24, 2.45) is 5.41 Å². The maximum absolute atomic E-state index is 6.24. The third-order valence-corrected chi connectivity index (χ3v) is 4.79. The summed E-state index contributed by atoms with van der Waals surface area (Å²) >= 11 is 6.24. The molecule has 3 rings (SSSR count). The van der Waals surface area contributed by atoms with Crippen molar-refractivity contribution < 1.29 is 0 Å². The van der Waals surface area contributed by atoms with E-state index in [1.165, 1.54) is 38.4 Å². The molecule has 0 bridgehead atoms. The van der Waals surface area contributed by atoms with Crippen molar-refractivity contribution in [3.8, 4) is 0 Å². The van der Waals surface area contributed by atoms with Crippen LogP contribution in [-0.4, -0.2) is 32.0 Å². The van der Waals surface area contributed by atoms with E-state index in [-0.39, 0.29) is 5.41 Å². The fraction of sp³-hybridized carbons (Fsp3) is 0.643. The van der Waals surface area contributed by atoms with Gasteiger partial charge in [0.2, 0.25) is 0 Å². The summed E-state index contributed by atoms with van der Waals surface area (Å²) in [5.41, 5.74) is 1.15. The topological polar surface area (TPSA) is 55.1 Å². The lowest BCUT2D eigenvalue weighted by atomic mass is 9.75. The smallest absolute Gasteiger partial charge is 0.254 e. The van der Waals surface area contributed by atoms with E-state index in [0.717, 1.165) is 18.1 Å². The van der Waals surface area contributed by atoms with Gasteiger partial charge in [-0.15, -0.1) is 11.6 Å². The first-order valence-corrected chi connectivity index (χ1v) is 7.73. The van der Waals surface area contributed by atoms with E-state index < -0.39 is 0 Å². The van der Waals surface area contributed by atoms with Crippen LogP contribution in [0.3, 0.4) is 0 Å². The second kappa shape index (κ2) is 5.56. The first-order valence-electron chi connectivity index (χ1n) is 7.20. The molecule has 0 amide bonds. The maximum atomic E-state index is 6.24. The summed E-state index contributed by atoms with van der Waals surface area (Å²) in [4.78, 5) is 8.50.